The Balaban J connectivity index is 3.01. The summed E-state index contributed by atoms with van der Waals surface area (Å²) in [5.74, 6) is 0.300. The van der Waals surface area contributed by atoms with E-state index in [9.17, 15) is 10.1 Å². The molecule has 2 nitrogen and oxygen atoms in total. The van der Waals surface area contributed by atoms with Crippen molar-refractivity contribution in [2.75, 3.05) is 0 Å². The van der Waals surface area contributed by atoms with Gasteiger partial charge in [-0.25, -0.2) is 0 Å². The predicted molar refractivity (Wildman–Crippen MR) is 60.0 cm³/mol. The molecule has 82 valence electrons. The first-order chi connectivity index (χ1) is 6.96. The van der Waals surface area contributed by atoms with Crippen LogP contribution in [-0.2, 0) is 4.79 Å². The third-order valence-corrected chi connectivity index (χ3v) is 3.92. The molecule has 0 amide bonds. The average molecular weight is 205 g/mol. The summed E-state index contributed by atoms with van der Waals surface area (Å²) in [6.45, 7) is 9.75. The Bertz CT molecular complexity index is 326. The molecular weight excluding hydrogens is 186 g/mol. The molecule has 15 heavy (non-hydrogen) atoms. The third kappa shape index (κ3) is 1.97. The van der Waals surface area contributed by atoms with Crippen LogP contribution in [0, 0.1) is 28.6 Å². The maximum absolute atomic E-state index is 11.9. The highest BCUT2D eigenvalue weighted by Crippen LogP contribution is 2.45. The van der Waals surface area contributed by atoms with E-state index in [1.54, 1.807) is 0 Å². The molecule has 0 radical (unpaired) electrons. The molecule has 0 spiro atoms. The quantitative estimate of drug-likeness (QED) is 0.650. The predicted octanol–water partition coefficient (Wildman–Crippen LogP) is 3.10. The van der Waals surface area contributed by atoms with E-state index in [0.717, 1.165) is 18.4 Å². The van der Waals surface area contributed by atoms with Crippen molar-refractivity contribution in [1.82, 2.24) is 0 Å². The summed E-state index contributed by atoms with van der Waals surface area (Å²) in [6, 6.07) is 2.37. The summed E-state index contributed by atoms with van der Waals surface area (Å²) in [5, 5.41) is 9.30. The smallest absolute Gasteiger partial charge is 0.137 e. The molecule has 0 heterocycles. The summed E-state index contributed by atoms with van der Waals surface area (Å²) in [5.41, 5.74) is 0.571. The zero-order valence-electron chi connectivity index (χ0n) is 9.84. The van der Waals surface area contributed by atoms with Crippen LogP contribution in [0.4, 0.5) is 0 Å². The first-order valence-corrected chi connectivity index (χ1v) is 5.56. The Kier molecular flexibility index (Phi) is 3.34. The van der Waals surface area contributed by atoms with Gasteiger partial charge in [0.2, 0.25) is 0 Å². The SMILES string of the molecule is C=C(C)C1CC(=O)C(C)C(C#N)(CC)C1. The Hall–Kier alpha value is -1.10. The third-order valence-electron chi connectivity index (χ3n) is 3.92. The molecule has 0 aromatic rings. The van der Waals surface area contributed by atoms with Crippen molar-refractivity contribution in [1.29, 1.82) is 5.26 Å². The summed E-state index contributed by atoms with van der Waals surface area (Å²) in [7, 11) is 0. The molecule has 0 N–H and O–H groups in total. The summed E-state index contributed by atoms with van der Waals surface area (Å²) in [4.78, 5) is 11.9. The molecule has 0 saturated heterocycles. The largest absolute Gasteiger partial charge is 0.299 e. The zero-order valence-corrected chi connectivity index (χ0v) is 9.84. The van der Waals surface area contributed by atoms with Crippen molar-refractivity contribution in [3.05, 3.63) is 12.2 Å². The van der Waals surface area contributed by atoms with Gasteiger partial charge in [-0.15, -0.1) is 0 Å². The van der Waals surface area contributed by atoms with Gasteiger partial charge in [0, 0.05) is 12.3 Å². The molecule has 0 bridgehead atoms. The van der Waals surface area contributed by atoms with Crippen molar-refractivity contribution in [2.24, 2.45) is 17.3 Å². The molecule has 1 aliphatic carbocycles. The van der Waals surface area contributed by atoms with E-state index in [1.807, 2.05) is 20.8 Å². The van der Waals surface area contributed by atoms with Crippen LogP contribution in [0.5, 0.6) is 0 Å². The van der Waals surface area contributed by atoms with Crippen LogP contribution in [0.2, 0.25) is 0 Å². The van der Waals surface area contributed by atoms with Crippen LogP contribution in [0.15, 0.2) is 12.2 Å². The van der Waals surface area contributed by atoms with Crippen molar-refractivity contribution in [3.8, 4) is 6.07 Å². The fourth-order valence-corrected chi connectivity index (χ4v) is 2.44. The molecule has 0 aliphatic heterocycles. The van der Waals surface area contributed by atoms with E-state index in [1.165, 1.54) is 0 Å². The number of carbonyl (C=O) groups is 1. The Morgan fingerprint density at radius 1 is 1.73 bits per heavy atom. The van der Waals surface area contributed by atoms with Gasteiger partial charge in [0.25, 0.3) is 0 Å². The Morgan fingerprint density at radius 3 is 2.73 bits per heavy atom. The standard InChI is InChI=1S/C13H19NO/c1-5-13(8-14)7-11(9(2)3)6-12(15)10(13)4/h10-11H,2,5-7H2,1,3-4H3. The van der Waals surface area contributed by atoms with Crippen molar-refractivity contribution in [2.45, 2.75) is 40.0 Å². The Labute approximate surface area is 92.0 Å². The lowest BCUT2D eigenvalue weighted by molar-refractivity contribution is -0.129. The van der Waals surface area contributed by atoms with Crippen LogP contribution >= 0.6 is 0 Å². The van der Waals surface area contributed by atoms with E-state index in [-0.39, 0.29) is 17.6 Å². The minimum absolute atomic E-state index is 0.122. The molecule has 0 aromatic heterocycles. The van der Waals surface area contributed by atoms with Gasteiger partial charge in [-0.05, 0) is 25.7 Å². The maximum atomic E-state index is 11.9. The highest BCUT2D eigenvalue weighted by atomic mass is 16.1. The second-order valence-corrected chi connectivity index (χ2v) is 4.76. The number of Topliss-reactive ketones (excluding diaryl/α,β-unsaturated/α-hetero) is 1. The van der Waals surface area contributed by atoms with Crippen LogP contribution in [0.3, 0.4) is 0 Å². The number of rotatable bonds is 2. The minimum Gasteiger partial charge on any atom is -0.299 e. The Morgan fingerprint density at radius 2 is 2.33 bits per heavy atom. The lowest BCUT2D eigenvalue weighted by Crippen LogP contribution is -2.40. The topological polar surface area (TPSA) is 40.9 Å². The van der Waals surface area contributed by atoms with Gasteiger partial charge < -0.3 is 0 Å². The van der Waals surface area contributed by atoms with E-state index in [0.29, 0.717) is 6.42 Å². The van der Waals surface area contributed by atoms with Crippen LogP contribution in [-0.4, -0.2) is 5.78 Å². The lowest BCUT2D eigenvalue weighted by atomic mass is 9.61. The second kappa shape index (κ2) is 4.18. The monoisotopic (exact) mass is 205 g/mol. The highest BCUT2D eigenvalue weighted by molar-refractivity contribution is 5.83. The molecular formula is C13H19NO. The van der Waals surface area contributed by atoms with Gasteiger partial charge in [0.15, 0.2) is 0 Å². The number of carbonyl (C=O) groups excluding carboxylic acids is 1. The molecule has 3 atom stereocenters. The van der Waals surface area contributed by atoms with Gasteiger partial charge in [-0.1, -0.05) is 26.0 Å². The lowest BCUT2D eigenvalue weighted by Gasteiger charge is -2.39. The van der Waals surface area contributed by atoms with Crippen molar-refractivity contribution in [3.63, 3.8) is 0 Å². The zero-order chi connectivity index (χ0) is 11.6. The van der Waals surface area contributed by atoms with Crippen LogP contribution < -0.4 is 0 Å². The van der Waals surface area contributed by atoms with Gasteiger partial charge in [-0.3, -0.25) is 4.79 Å². The molecule has 1 saturated carbocycles. The first kappa shape index (κ1) is 12.0. The number of allylic oxidation sites excluding steroid dienone is 1. The van der Waals surface area contributed by atoms with Crippen LogP contribution in [0.25, 0.3) is 0 Å². The van der Waals surface area contributed by atoms with Gasteiger partial charge in [0.05, 0.1) is 11.5 Å². The molecule has 0 aromatic carbocycles. The molecule has 2 heteroatoms. The summed E-state index contributed by atoms with van der Waals surface area (Å²) >= 11 is 0. The average Bonchev–Trinajstić information content (AvgIpc) is 2.22. The molecule has 1 rings (SSSR count). The van der Waals surface area contributed by atoms with Gasteiger partial charge >= 0.3 is 0 Å². The van der Waals surface area contributed by atoms with E-state index in [2.05, 4.69) is 12.6 Å². The van der Waals surface area contributed by atoms with Crippen LogP contribution in [0.1, 0.15) is 40.0 Å². The first-order valence-electron chi connectivity index (χ1n) is 5.56. The number of hydrogen-bond donors (Lipinski definition) is 0. The number of hydrogen-bond acceptors (Lipinski definition) is 2. The van der Waals surface area contributed by atoms with E-state index in [4.69, 9.17) is 0 Å². The second-order valence-electron chi connectivity index (χ2n) is 4.76. The van der Waals surface area contributed by atoms with Gasteiger partial charge in [-0.2, -0.15) is 5.26 Å². The molecule has 1 fully saturated rings. The van der Waals surface area contributed by atoms with Crippen molar-refractivity contribution >= 4 is 5.78 Å². The normalized spacial score (nSPS) is 36.0. The van der Waals surface area contributed by atoms with E-state index < -0.39 is 5.41 Å². The minimum atomic E-state index is -0.459. The summed E-state index contributed by atoms with van der Waals surface area (Å²) in [6.07, 6.45) is 2.11. The fourth-order valence-electron chi connectivity index (χ4n) is 2.44. The molecule has 1 aliphatic rings. The van der Waals surface area contributed by atoms with Gasteiger partial charge in [0.1, 0.15) is 5.78 Å². The highest BCUT2D eigenvalue weighted by Gasteiger charge is 2.45. The number of nitriles is 1. The van der Waals surface area contributed by atoms with E-state index >= 15 is 0 Å². The molecule has 3 unspecified atom stereocenters. The maximum Gasteiger partial charge on any atom is 0.137 e. The fraction of sp³-hybridized carbons (Fsp3) is 0.692. The number of ketones is 1. The summed E-state index contributed by atoms with van der Waals surface area (Å²) < 4.78 is 0. The number of nitrogens with zero attached hydrogens (tertiary/aromatic N) is 1. The van der Waals surface area contributed by atoms with Crippen molar-refractivity contribution < 1.29 is 4.79 Å².